The molecule has 1 fully saturated rings. The fraction of sp³-hybridized carbons (Fsp3) is 0.333. The van der Waals surface area contributed by atoms with Gasteiger partial charge < -0.3 is 10.2 Å². The van der Waals surface area contributed by atoms with Gasteiger partial charge in [0.05, 0.1) is 6.04 Å². The van der Waals surface area contributed by atoms with E-state index in [1.165, 1.54) is 6.07 Å². The van der Waals surface area contributed by atoms with Crippen LogP contribution in [0.3, 0.4) is 0 Å². The second-order valence-corrected chi connectivity index (χ2v) is 7.89. The lowest BCUT2D eigenvalue weighted by Gasteiger charge is -2.32. The molecule has 0 aliphatic carbocycles. The molecule has 4 nitrogen and oxygen atoms in total. The Morgan fingerprint density at radius 3 is 2.32 bits per heavy atom. The van der Waals surface area contributed by atoms with E-state index in [1.54, 1.807) is 24.0 Å². The Balaban J connectivity index is 1.53. The largest absolute Gasteiger partial charge is 0.349 e. The van der Waals surface area contributed by atoms with Crippen molar-refractivity contribution in [3.8, 4) is 0 Å². The average Bonchev–Trinajstić information content (AvgIpc) is 2.70. The number of likely N-dealkylation sites (tertiary alicyclic amines) is 1. The molecule has 148 valence electrons. The zero-order valence-corrected chi connectivity index (χ0v) is 17.0. The van der Waals surface area contributed by atoms with E-state index >= 15 is 0 Å². The molecule has 2 amide bonds. The zero-order chi connectivity index (χ0) is 20.3. The summed E-state index contributed by atoms with van der Waals surface area (Å²) < 4.78 is 27.4. The molecule has 0 radical (unpaired) electrons. The fourth-order valence-corrected chi connectivity index (χ4v) is 3.58. The Morgan fingerprint density at radius 1 is 1.07 bits per heavy atom. The predicted molar refractivity (Wildman–Crippen MR) is 106 cm³/mol. The molecule has 1 aliphatic heterocycles. The molecule has 1 saturated heterocycles. The van der Waals surface area contributed by atoms with Crippen LogP contribution in [0.2, 0.25) is 0 Å². The minimum atomic E-state index is -0.932. The van der Waals surface area contributed by atoms with Gasteiger partial charge in [-0.15, -0.1) is 0 Å². The molecule has 1 aliphatic rings. The SMILES string of the molecule is CC(NC(=O)C1CCN(C(=O)c2ccc(Br)cc2)CC1)c1ccc(F)c(F)c1. The molecule has 0 aromatic heterocycles. The second-order valence-electron chi connectivity index (χ2n) is 6.98. The van der Waals surface area contributed by atoms with E-state index in [2.05, 4.69) is 21.2 Å². The van der Waals surface area contributed by atoms with Crippen molar-refractivity contribution in [1.82, 2.24) is 10.2 Å². The van der Waals surface area contributed by atoms with E-state index in [1.807, 2.05) is 12.1 Å². The highest BCUT2D eigenvalue weighted by Crippen LogP contribution is 2.22. The maximum Gasteiger partial charge on any atom is 0.253 e. The minimum Gasteiger partial charge on any atom is -0.349 e. The highest BCUT2D eigenvalue weighted by atomic mass is 79.9. The molecular formula is C21H21BrF2N2O2. The molecule has 2 aromatic carbocycles. The highest BCUT2D eigenvalue weighted by molar-refractivity contribution is 9.10. The average molecular weight is 451 g/mol. The smallest absolute Gasteiger partial charge is 0.253 e. The van der Waals surface area contributed by atoms with Gasteiger partial charge in [-0.2, -0.15) is 0 Å². The topological polar surface area (TPSA) is 49.4 Å². The monoisotopic (exact) mass is 450 g/mol. The molecule has 1 unspecified atom stereocenters. The first-order valence-electron chi connectivity index (χ1n) is 9.15. The molecule has 1 N–H and O–H groups in total. The molecule has 2 aromatic rings. The number of carbonyl (C=O) groups is 2. The third-order valence-corrected chi connectivity index (χ3v) is 5.58. The predicted octanol–water partition coefficient (Wildman–Crippen LogP) is 4.46. The first-order chi connectivity index (χ1) is 13.3. The van der Waals surface area contributed by atoms with Gasteiger partial charge in [0.15, 0.2) is 11.6 Å². The number of amides is 2. The van der Waals surface area contributed by atoms with Crippen LogP contribution >= 0.6 is 15.9 Å². The number of benzene rings is 2. The molecule has 28 heavy (non-hydrogen) atoms. The number of halogens is 3. The third-order valence-electron chi connectivity index (χ3n) is 5.05. The summed E-state index contributed by atoms with van der Waals surface area (Å²) in [7, 11) is 0. The van der Waals surface area contributed by atoms with Gasteiger partial charge in [0.2, 0.25) is 5.91 Å². The summed E-state index contributed by atoms with van der Waals surface area (Å²) in [6.45, 7) is 2.75. The second kappa shape index (κ2) is 8.82. The van der Waals surface area contributed by atoms with Crippen molar-refractivity contribution in [3.05, 3.63) is 69.7 Å². The fourth-order valence-electron chi connectivity index (χ4n) is 3.32. The summed E-state index contributed by atoms with van der Waals surface area (Å²) >= 11 is 3.35. The maximum absolute atomic E-state index is 13.4. The van der Waals surface area contributed by atoms with Crippen molar-refractivity contribution in [2.75, 3.05) is 13.1 Å². The van der Waals surface area contributed by atoms with Crippen molar-refractivity contribution < 1.29 is 18.4 Å². The molecular weight excluding hydrogens is 430 g/mol. The normalized spacial score (nSPS) is 15.9. The van der Waals surface area contributed by atoms with Crippen molar-refractivity contribution in [2.24, 2.45) is 5.92 Å². The minimum absolute atomic E-state index is 0.0403. The van der Waals surface area contributed by atoms with Crippen molar-refractivity contribution >= 4 is 27.7 Å². The Bertz CT molecular complexity index is 865. The number of nitrogens with one attached hydrogen (secondary N) is 1. The van der Waals surface area contributed by atoms with Crippen LogP contribution in [0.4, 0.5) is 8.78 Å². The van der Waals surface area contributed by atoms with E-state index in [4.69, 9.17) is 0 Å². The van der Waals surface area contributed by atoms with Crippen LogP contribution in [0.25, 0.3) is 0 Å². The summed E-state index contributed by atoms with van der Waals surface area (Å²) in [6.07, 6.45) is 1.14. The van der Waals surface area contributed by atoms with Crippen LogP contribution in [0.1, 0.15) is 41.7 Å². The lowest BCUT2D eigenvalue weighted by Crippen LogP contribution is -2.43. The molecule has 0 bridgehead atoms. The van der Waals surface area contributed by atoms with Gasteiger partial charge >= 0.3 is 0 Å². The van der Waals surface area contributed by atoms with E-state index in [-0.39, 0.29) is 17.7 Å². The molecule has 0 saturated carbocycles. The zero-order valence-electron chi connectivity index (χ0n) is 15.4. The molecule has 0 spiro atoms. The van der Waals surface area contributed by atoms with Crippen molar-refractivity contribution in [1.29, 1.82) is 0 Å². The van der Waals surface area contributed by atoms with Gasteiger partial charge in [-0.05, 0) is 61.7 Å². The van der Waals surface area contributed by atoms with Crippen LogP contribution < -0.4 is 5.32 Å². The number of nitrogens with zero attached hydrogens (tertiary/aromatic N) is 1. The Kier molecular flexibility index (Phi) is 6.44. The van der Waals surface area contributed by atoms with Crippen LogP contribution in [-0.2, 0) is 4.79 Å². The first kappa shape index (κ1) is 20.5. The number of hydrogen-bond donors (Lipinski definition) is 1. The van der Waals surface area contributed by atoms with Crippen molar-refractivity contribution in [2.45, 2.75) is 25.8 Å². The number of piperidine rings is 1. The third kappa shape index (κ3) is 4.76. The van der Waals surface area contributed by atoms with Crippen LogP contribution in [0.5, 0.6) is 0 Å². The van der Waals surface area contributed by atoms with E-state index < -0.39 is 17.7 Å². The van der Waals surface area contributed by atoms with Crippen LogP contribution in [0, 0.1) is 17.6 Å². The van der Waals surface area contributed by atoms with Gasteiger partial charge in [-0.3, -0.25) is 9.59 Å². The van der Waals surface area contributed by atoms with Crippen LogP contribution in [-0.4, -0.2) is 29.8 Å². The van der Waals surface area contributed by atoms with Gasteiger partial charge in [0.25, 0.3) is 5.91 Å². The number of carbonyl (C=O) groups excluding carboxylic acids is 2. The Labute approximate surface area is 171 Å². The Morgan fingerprint density at radius 2 is 1.71 bits per heavy atom. The van der Waals surface area contributed by atoms with Crippen LogP contribution in [0.15, 0.2) is 46.9 Å². The van der Waals surface area contributed by atoms with E-state index in [0.29, 0.717) is 37.1 Å². The lowest BCUT2D eigenvalue weighted by molar-refractivity contribution is -0.127. The molecule has 1 heterocycles. The lowest BCUT2D eigenvalue weighted by atomic mass is 9.94. The first-order valence-corrected chi connectivity index (χ1v) is 9.94. The van der Waals surface area contributed by atoms with Crippen molar-refractivity contribution in [3.63, 3.8) is 0 Å². The highest BCUT2D eigenvalue weighted by Gasteiger charge is 2.28. The quantitative estimate of drug-likeness (QED) is 0.747. The summed E-state index contributed by atoms with van der Waals surface area (Å²) in [5, 5.41) is 2.86. The summed E-state index contributed by atoms with van der Waals surface area (Å²) in [6, 6.07) is 10.4. The maximum atomic E-state index is 13.4. The molecule has 1 atom stereocenters. The summed E-state index contributed by atoms with van der Waals surface area (Å²) in [4.78, 5) is 26.8. The van der Waals surface area contributed by atoms with E-state index in [9.17, 15) is 18.4 Å². The summed E-state index contributed by atoms with van der Waals surface area (Å²) in [5.41, 5.74) is 1.13. The van der Waals surface area contributed by atoms with Gasteiger partial charge in [-0.1, -0.05) is 22.0 Å². The Hall–Kier alpha value is -2.28. The van der Waals surface area contributed by atoms with E-state index in [0.717, 1.165) is 16.6 Å². The van der Waals surface area contributed by atoms with Gasteiger partial charge in [0, 0.05) is 29.0 Å². The van der Waals surface area contributed by atoms with Gasteiger partial charge in [-0.25, -0.2) is 8.78 Å². The van der Waals surface area contributed by atoms with Gasteiger partial charge in [0.1, 0.15) is 0 Å². The summed E-state index contributed by atoms with van der Waals surface area (Å²) in [5.74, 6) is -2.22. The molecule has 7 heteroatoms. The number of hydrogen-bond acceptors (Lipinski definition) is 2. The molecule has 3 rings (SSSR count). The number of rotatable bonds is 4. The standard InChI is InChI=1S/C21H21BrF2N2O2/c1-13(16-4-7-18(23)19(24)12-16)25-20(27)14-8-10-26(11-9-14)21(28)15-2-5-17(22)6-3-15/h2-7,12-14H,8-11H2,1H3,(H,25,27).